The number of nitrogens with two attached hydrogens (primary N) is 1. The van der Waals surface area contributed by atoms with E-state index in [-0.39, 0.29) is 5.69 Å². The van der Waals surface area contributed by atoms with Crippen LogP contribution in [0.25, 0.3) is 11.3 Å². The van der Waals surface area contributed by atoms with E-state index in [9.17, 15) is 4.79 Å². The number of carbonyl (C=O) groups is 1. The summed E-state index contributed by atoms with van der Waals surface area (Å²) < 4.78 is 1.48. The lowest BCUT2D eigenvalue weighted by Gasteiger charge is -2.05. The van der Waals surface area contributed by atoms with Gasteiger partial charge < -0.3 is 10.8 Å². The molecule has 0 saturated carbocycles. The zero-order chi connectivity index (χ0) is 12.3. The van der Waals surface area contributed by atoms with Crippen molar-refractivity contribution in [2.45, 2.75) is 6.54 Å². The van der Waals surface area contributed by atoms with Crippen LogP contribution in [0.15, 0.2) is 24.5 Å². The van der Waals surface area contributed by atoms with Gasteiger partial charge in [0, 0.05) is 24.5 Å². The first-order valence-electron chi connectivity index (χ1n) is 5.01. The number of nitrogens with zero attached hydrogens (tertiary/aromatic N) is 4. The molecule has 0 unspecified atom stereocenters. The second-order valence-corrected chi connectivity index (χ2v) is 3.34. The van der Waals surface area contributed by atoms with Gasteiger partial charge in [-0.25, -0.2) is 9.48 Å². The molecule has 2 aromatic heterocycles. The molecule has 3 N–H and O–H groups in total. The molecule has 0 spiro atoms. The van der Waals surface area contributed by atoms with Crippen molar-refractivity contribution in [1.82, 2.24) is 20.0 Å². The van der Waals surface area contributed by atoms with Gasteiger partial charge in [0.15, 0.2) is 5.69 Å². The molecular formula is C10H11N5O2. The Morgan fingerprint density at radius 2 is 2.12 bits per heavy atom. The summed E-state index contributed by atoms with van der Waals surface area (Å²) in [6.45, 7) is 0.776. The third-order valence-electron chi connectivity index (χ3n) is 2.23. The van der Waals surface area contributed by atoms with Crippen LogP contribution in [0, 0.1) is 0 Å². The van der Waals surface area contributed by atoms with Crippen molar-refractivity contribution in [2.75, 3.05) is 6.54 Å². The molecule has 0 aromatic carbocycles. The van der Waals surface area contributed by atoms with Gasteiger partial charge in [-0.1, -0.05) is 5.21 Å². The third-order valence-corrected chi connectivity index (χ3v) is 2.23. The summed E-state index contributed by atoms with van der Waals surface area (Å²) in [5.74, 6) is -1.11. The molecule has 2 heterocycles. The van der Waals surface area contributed by atoms with E-state index in [4.69, 9.17) is 10.8 Å². The van der Waals surface area contributed by atoms with E-state index in [0.717, 1.165) is 0 Å². The summed E-state index contributed by atoms with van der Waals surface area (Å²) in [7, 11) is 0. The maximum Gasteiger partial charge on any atom is 0.358 e. The summed E-state index contributed by atoms with van der Waals surface area (Å²) in [4.78, 5) is 14.9. The zero-order valence-electron chi connectivity index (χ0n) is 8.95. The van der Waals surface area contributed by atoms with Gasteiger partial charge in [0.05, 0.1) is 6.54 Å². The summed E-state index contributed by atoms with van der Waals surface area (Å²) >= 11 is 0. The molecule has 0 aliphatic carbocycles. The van der Waals surface area contributed by atoms with Gasteiger partial charge in [0.25, 0.3) is 0 Å². The molecule has 0 atom stereocenters. The predicted molar refractivity (Wildman–Crippen MR) is 59.3 cm³/mol. The van der Waals surface area contributed by atoms with Crippen molar-refractivity contribution in [3.63, 3.8) is 0 Å². The monoisotopic (exact) mass is 233 g/mol. The first kappa shape index (κ1) is 11.2. The quantitative estimate of drug-likeness (QED) is 0.769. The Balaban J connectivity index is 2.56. The molecule has 7 heteroatoms. The Hall–Kier alpha value is -2.28. The summed E-state index contributed by atoms with van der Waals surface area (Å²) in [6, 6.07) is 3.41. The van der Waals surface area contributed by atoms with Gasteiger partial charge >= 0.3 is 5.97 Å². The van der Waals surface area contributed by atoms with Crippen molar-refractivity contribution in [3.05, 3.63) is 30.2 Å². The molecule has 7 nitrogen and oxygen atoms in total. The van der Waals surface area contributed by atoms with Crippen LogP contribution in [0.1, 0.15) is 10.5 Å². The Morgan fingerprint density at radius 3 is 2.71 bits per heavy atom. The standard InChI is InChI=1S/C10H11N5O2/c11-3-6-15-9(7-1-4-12-5-2-7)8(10(16)17)13-14-15/h1-2,4-5H,3,6,11H2,(H,16,17). The fourth-order valence-corrected chi connectivity index (χ4v) is 1.53. The second kappa shape index (κ2) is 4.71. The number of carboxylic acids is 1. The minimum absolute atomic E-state index is 0.0790. The Kier molecular flexibility index (Phi) is 3.10. The highest BCUT2D eigenvalue weighted by atomic mass is 16.4. The van der Waals surface area contributed by atoms with Crippen LogP contribution >= 0.6 is 0 Å². The number of aromatic nitrogens is 4. The first-order chi connectivity index (χ1) is 8.24. The number of hydrogen-bond acceptors (Lipinski definition) is 5. The predicted octanol–water partition coefficient (Wildman–Crippen LogP) is -0.00300. The molecule has 2 aromatic rings. The number of hydrogen-bond donors (Lipinski definition) is 2. The normalized spacial score (nSPS) is 10.4. The van der Waals surface area contributed by atoms with Gasteiger partial charge in [0.2, 0.25) is 0 Å². The Bertz CT molecular complexity index is 523. The minimum Gasteiger partial charge on any atom is -0.476 e. The summed E-state index contributed by atoms with van der Waals surface area (Å²) in [6.07, 6.45) is 3.17. The summed E-state index contributed by atoms with van der Waals surface area (Å²) in [5, 5.41) is 16.5. The van der Waals surface area contributed by atoms with Crippen molar-refractivity contribution in [3.8, 4) is 11.3 Å². The maximum absolute atomic E-state index is 11.0. The maximum atomic E-state index is 11.0. The molecule has 0 bridgehead atoms. The van der Waals surface area contributed by atoms with E-state index in [1.165, 1.54) is 4.68 Å². The van der Waals surface area contributed by atoms with Crippen LogP contribution in [-0.4, -0.2) is 37.6 Å². The van der Waals surface area contributed by atoms with E-state index in [1.807, 2.05) is 0 Å². The van der Waals surface area contributed by atoms with Gasteiger partial charge in [0.1, 0.15) is 5.69 Å². The summed E-state index contributed by atoms with van der Waals surface area (Å²) in [5.41, 5.74) is 6.52. The first-order valence-corrected chi connectivity index (χ1v) is 5.01. The fourth-order valence-electron chi connectivity index (χ4n) is 1.53. The second-order valence-electron chi connectivity index (χ2n) is 3.34. The van der Waals surface area contributed by atoms with Crippen LogP contribution in [-0.2, 0) is 6.54 Å². The minimum atomic E-state index is -1.11. The number of carboxylic acid groups (broad SMARTS) is 1. The molecule has 0 amide bonds. The lowest BCUT2D eigenvalue weighted by Crippen LogP contribution is -2.12. The lowest BCUT2D eigenvalue weighted by molar-refractivity contribution is 0.0691. The Labute approximate surface area is 96.9 Å². The number of aromatic carboxylic acids is 1. The van der Waals surface area contributed by atoms with Gasteiger partial charge in [-0.3, -0.25) is 4.98 Å². The van der Waals surface area contributed by atoms with Gasteiger partial charge in [-0.15, -0.1) is 5.10 Å². The van der Waals surface area contributed by atoms with E-state index in [1.54, 1.807) is 24.5 Å². The topological polar surface area (TPSA) is 107 Å². The van der Waals surface area contributed by atoms with Gasteiger partial charge in [-0.2, -0.15) is 0 Å². The highest BCUT2D eigenvalue weighted by molar-refractivity contribution is 5.92. The smallest absolute Gasteiger partial charge is 0.358 e. The van der Waals surface area contributed by atoms with Crippen LogP contribution in [0.4, 0.5) is 0 Å². The molecular weight excluding hydrogens is 222 g/mol. The highest BCUT2D eigenvalue weighted by Crippen LogP contribution is 2.21. The zero-order valence-corrected chi connectivity index (χ0v) is 8.95. The molecule has 2 rings (SSSR count). The average Bonchev–Trinajstić information content (AvgIpc) is 2.74. The lowest BCUT2D eigenvalue weighted by atomic mass is 10.1. The van der Waals surface area contributed by atoms with E-state index in [2.05, 4.69) is 15.3 Å². The van der Waals surface area contributed by atoms with Gasteiger partial charge in [-0.05, 0) is 12.1 Å². The molecule has 0 fully saturated rings. The van der Waals surface area contributed by atoms with E-state index < -0.39 is 5.97 Å². The Morgan fingerprint density at radius 1 is 1.41 bits per heavy atom. The largest absolute Gasteiger partial charge is 0.476 e. The highest BCUT2D eigenvalue weighted by Gasteiger charge is 2.19. The van der Waals surface area contributed by atoms with Crippen molar-refractivity contribution in [1.29, 1.82) is 0 Å². The van der Waals surface area contributed by atoms with Crippen LogP contribution in [0.2, 0.25) is 0 Å². The van der Waals surface area contributed by atoms with Crippen LogP contribution in [0.5, 0.6) is 0 Å². The molecule has 0 radical (unpaired) electrons. The fraction of sp³-hybridized carbons (Fsp3) is 0.200. The molecule has 0 aliphatic heterocycles. The van der Waals surface area contributed by atoms with Crippen molar-refractivity contribution in [2.24, 2.45) is 5.73 Å². The molecule has 17 heavy (non-hydrogen) atoms. The van der Waals surface area contributed by atoms with Crippen molar-refractivity contribution >= 4 is 5.97 Å². The van der Waals surface area contributed by atoms with Crippen LogP contribution in [0.3, 0.4) is 0 Å². The third kappa shape index (κ3) is 2.13. The van der Waals surface area contributed by atoms with Crippen LogP contribution < -0.4 is 5.73 Å². The molecule has 0 aliphatic rings. The number of pyridine rings is 1. The molecule has 0 saturated heterocycles. The number of rotatable bonds is 4. The molecule has 88 valence electrons. The van der Waals surface area contributed by atoms with E-state index in [0.29, 0.717) is 24.3 Å². The van der Waals surface area contributed by atoms with Crippen molar-refractivity contribution < 1.29 is 9.90 Å². The average molecular weight is 233 g/mol. The van der Waals surface area contributed by atoms with E-state index >= 15 is 0 Å². The SMILES string of the molecule is NCCn1nnc(C(=O)O)c1-c1ccncc1.